The van der Waals surface area contributed by atoms with Crippen LogP contribution in [0.3, 0.4) is 0 Å². The molecule has 4 aromatic rings. The number of anilines is 1. The van der Waals surface area contributed by atoms with Crippen LogP contribution >= 0.6 is 11.3 Å². The van der Waals surface area contributed by atoms with Crippen molar-refractivity contribution in [1.82, 2.24) is 9.78 Å². The number of hydrogen-bond acceptors (Lipinski definition) is 3. The van der Waals surface area contributed by atoms with E-state index in [-0.39, 0.29) is 5.91 Å². The average Bonchev–Trinajstić information content (AvgIpc) is 3.34. The Morgan fingerprint density at radius 3 is 2.45 bits per heavy atom. The molecule has 146 valence electrons. The lowest BCUT2D eigenvalue weighted by Gasteiger charge is -2.12. The summed E-state index contributed by atoms with van der Waals surface area (Å²) in [5, 5.41) is 9.82. The van der Waals surface area contributed by atoms with E-state index in [9.17, 15) is 4.79 Å². The Labute approximate surface area is 174 Å². The van der Waals surface area contributed by atoms with Crippen molar-refractivity contribution < 1.29 is 4.79 Å². The second kappa shape index (κ2) is 7.68. The van der Waals surface area contributed by atoms with Gasteiger partial charge in [-0.05, 0) is 80.1 Å². The third kappa shape index (κ3) is 3.87. The summed E-state index contributed by atoms with van der Waals surface area (Å²) in [6, 6.07) is 18.0. The minimum atomic E-state index is -0.177. The van der Waals surface area contributed by atoms with Crippen molar-refractivity contribution in [3.05, 3.63) is 87.9 Å². The van der Waals surface area contributed by atoms with E-state index in [1.807, 2.05) is 67.8 Å². The van der Waals surface area contributed by atoms with Crippen molar-refractivity contribution in [3.8, 4) is 16.3 Å². The fraction of sp³-hybridized carbons (Fsp3) is 0.167. The maximum Gasteiger partial charge on any atom is 0.274 e. The number of hydrogen-bond donors (Lipinski definition) is 1. The molecule has 0 unspecified atom stereocenters. The fourth-order valence-corrected chi connectivity index (χ4v) is 4.01. The van der Waals surface area contributed by atoms with Gasteiger partial charge in [0.2, 0.25) is 0 Å². The standard InChI is InChI=1S/C24H23N3OS/c1-15-7-10-21(18(4)12-15)27-22(14-20(26-27)23-6-5-11-29-23)24(28)25-19-9-8-16(2)17(3)13-19/h5-14H,1-4H3,(H,25,28). The first kappa shape index (κ1) is 19.2. The topological polar surface area (TPSA) is 46.9 Å². The molecule has 0 saturated carbocycles. The van der Waals surface area contributed by atoms with Crippen LogP contribution in [0.5, 0.6) is 0 Å². The molecule has 1 amide bonds. The lowest BCUT2D eigenvalue weighted by molar-refractivity contribution is 0.101. The lowest BCUT2D eigenvalue weighted by Crippen LogP contribution is -2.17. The molecule has 0 saturated heterocycles. The van der Waals surface area contributed by atoms with Crippen LogP contribution in [0.2, 0.25) is 0 Å². The van der Waals surface area contributed by atoms with Crippen LogP contribution in [0.25, 0.3) is 16.3 Å². The van der Waals surface area contributed by atoms with Gasteiger partial charge in [0.25, 0.3) is 5.91 Å². The molecule has 5 heteroatoms. The van der Waals surface area contributed by atoms with Gasteiger partial charge in [0.15, 0.2) is 0 Å². The van der Waals surface area contributed by atoms with Gasteiger partial charge in [-0.25, -0.2) is 4.68 Å². The predicted molar refractivity (Wildman–Crippen MR) is 120 cm³/mol. The summed E-state index contributed by atoms with van der Waals surface area (Å²) in [7, 11) is 0. The minimum Gasteiger partial charge on any atom is -0.321 e. The number of aromatic nitrogens is 2. The molecule has 0 aliphatic heterocycles. The number of amides is 1. The zero-order chi connectivity index (χ0) is 20.5. The monoisotopic (exact) mass is 401 g/mol. The van der Waals surface area contributed by atoms with Gasteiger partial charge in [-0.1, -0.05) is 29.8 Å². The van der Waals surface area contributed by atoms with Crippen molar-refractivity contribution in [3.63, 3.8) is 0 Å². The first-order valence-electron chi connectivity index (χ1n) is 9.52. The Bertz CT molecular complexity index is 1190. The molecule has 2 heterocycles. The number of thiophene rings is 1. The highest BCUT2D eigenvalue weighted by Gasteiger charge is 2.19. The number of rotatable bonds is 4. The number of nitrogens with zero attached hydrogens (tertiary/aromatic N) is 2. The van der Waals surface area contributed by atoms with Gasteiger partial charge in [0.1, 0.15) is 11.4 Å². The molecular weight excluding hydrogens is 378 g/mol. The first-order chi connectivity index (χ1) is 13.9. The molecule has 0 aliphatic carbocycles. The molecule has 4 nitrogen and oxygen atoms in total. The van der Waals surface area contributed by atoms with Crippen LogP contribution in [-0.2, 0) is 0 Å². The highest BCUT2D eigenvalue weighted by molar-refractivity contribution is 7.13. The summed E-state index contributed by atoms with van der Waals surface area (Å²) in [5.74, 6) is -0.177. The Hall–Kier alpha value is -3.18. The minimum absolute atomic E-state index is 0.177. The molecule has 4 rings (SSSR count). The van der Waals surface area contributed by atoms with Crippen LogP contribution in [0.1, 0.15) is 32.7 Å². The van der Waals surface area contributed by atoms with Gasteiger partial charge < -0.3 is 5.32 Å². The highest BCUT2D eigenvalue weighted by Crippen LogP contribution is 2.27. The second-order valence-corrected chi connectivity index (χ2v) is 8.29. The van der Waals surface area contributed by atoms with Crippen LogP contribution in [0.15, 0.2) is 60.0 Å². The Kier molecular flexibility index (Phi) is 5.07. The summed E-state index contributed by atoms with van der Waals surface area (Å²) >= 11 is 1.61. The fourth-order valence-electron chi connectivity index (χ4n) is 3.33. The third-order valence-electron chi connectivity index (χ3n) is 5.06. The molecule has 2 aromatic heterocycles. The molecule has 0 spiro atoms. The zero-order valence-corrected chi connectivity index (χ0v) is 17.8. The van der Waals surface area contributed by atoms with Crippen LogP contribution in [-0.4, -0.2) is 15.7 Å². The van der Waals surface area contributed by atoms with Gasteiger partial charge in [-0.15, -0.1) is 11.3 Å². The molecule has 0 aliphatic rings. The number of nitrogens with one attached hydrogen (secondary N) is 1. The normalized spacial score (nSPS) is 10.9. The van der Waals surface area contributed by atoms with Crippen molar-refractivity contribution in [2.24, 2.45) is 0 Å². The molecule has 0 atom stereocenters. The van der Waals surface area contributed by atoms with E-state index in [1.165, 1.54) is 11.1 Å². The Morgan fingerprint density at radius 2 is 1.76 bits per heavy atom. The molecule has 1 N–H and O–H groups in total. The van der Waals surface area contributed by atoms with Crippen LogP contribution < -0.4 is 5.32 Å². The maximum atomic E-state index is 13.2. The number of carbonyl (C=O) groups is 1. The summed E-state index contributed by atoms with van der Waals surface area (Å²) in [5.41, 5.74) is 7.59. The van der Waals surface area contributed by atoms with E-state index in [1.54, 1.807) is 16.0 Å². The van der Waals surface area contributed by atoms with Crippen molar-refractivity contribution in [2.45, 2.75) is 27.7 Å². The summed E-state index contributed by atoms with van der Waals surface area (Å²) < 4.78 is 1.75. The zero-order valence-electron chi connectivity index (χ0n) is 17.0. The lowest BCUT2D eigenvalue weighted by atomic mass is 10.1. The number of carbonyl (C=O) groups excluding carboxylic acids is 1. The number of aryl methyl sites for hydroxylation is 4. The summed E-state index contributed by atoms with van der Waals surface area (Å²) in [4.78, 5) is 14.2. The Balaban J connectivity index is 1.78. The Morgan fingerprint density at radius 1 is 0.931 bits per heavy atom. The third-order valence-corrected chi connectivity index (χ3v) is 5.95. The summed E-state index contributed by atoms with van der Waals surface area (Å²) in [6.45, 7) is 8.20. The van der Waals surface area contributed by atoms with Gasteiger partial charge in [0.05, 0.1) is 10.6 Å². The molecule has 2 aromatic carbocycles. The highest BCUT2D eigenvalue weighted by atomic mass is 32.1. The molecule has 0 bridgehead atoms. The van der Waals surface area contributed by atoms with Gasteiger partial charge in [-0.2, -0.15) is 5.10 Å². The van der Waals surface area contributed by atoms with Crippen molar-refractivity contribution in [2.75, 3.05) is 5.32 Å². The molecule has 0 radical (unpaired) electrons. The van der Waals surface area contributed by atoms with Crippen LogP contribution in [0.4, 0.5) is 5.69 Å². The van der Waals surface area contributed by atoms with E-state index < -0.39 is 0 Å². The van der Waals surface area contributed by atoms with E-state index >= 15 is 0 Å². The summed E-state index contributed by atoms with van der Waals surface area (Å²) in [6.07, 6.45) is 0. The van der Waals surface area contributed by atoms with Gasteiger partial charge in [-0.3, -0.25) is 4.79 Å². The molecular formula is C24H23N3OS. The predicted octanol–water partition coefficient (Wildman–Crippen LogP) is 6.09. The smallest absolute Gasteiger partial charge is 0.274 e. The van der Waals surface area contributed by atoms with Crippen LogP contribution in [0, 0.1) is 27.7 Å². The quantitative estimate of drug-likeness (QED) is 0.450. The van der Waals surface area contributed by atoms with E-state index in [2.05, 4.69) is 25.2 Å². The molecule has 0 fully saturated rings. The van der Waals surface area contributed by atoms with Crippen molar-refractivity contribution >= 4 is 22.9 Å². The SMILES string of the molecule is Cc1ccc(-n2nc(-c3cccs3)cc2C(=O)Nc2ccc(C)c(C)c2)c(C)c1. The second-order valence-electron chi connectivity index (χ2n) is 7.35. The molecule has 29 heavy (non-hydrogen) atoms. The first-order valence-corrected chi connectivity index (χ1v) is 10.4. The average molecular weight is 402 g/mol. The van der Waals surface area contributed by atoms with E-state index in [0.717, 1.165) is 33.1 Å². The largest absolute Gasteiger partial charge is 0.321 e. The number of benzene rings is 2. The van der Waals surface area contributed by atoms with E-state index in [4.69, 9.17) is 5.10 Å². The van der Waals surface area contributed by atoms with E-state index in [0.29, 0.717) is 5.69 Å². The van der Waals surface area contributed by atoms with Crippen molar-refractivity contribution in [1.29, 1.82) is 0 Å². The van der Waals surface area contributed by atoms with Gasteiger partial charge >= 0.3 is 0 Å². The maximum absolute atomic E-state index is 13.2. The van der Waals surface area contributed by atoms with Gasteiger partial charge in [0, 0.05) is 5.69 Å².